The highest BCUT2D eigenvalue weighted by Gasteiger charge is 2.03. The summed E-state index contributed by atoms with van der Waals surface area (Å²) in [6.45, 7) is 8.02. The van der Waals surface area contributed by atoms with Gasteiger partial charge in [-0.3, -0.25) is 0 Å². The number of allylic oxidation sites excluding steroid dienone is 1. The zero-order chi connectivity index (χ0) is 12.1. The Morgan fingerprint density at radius 2 is 1.59 bits per heavy atom. The lowest BCUT2D eigenvalue weighted by Gasteiger charge is -2.09. The summed E-state index contributed by atoms with van der Waals surface area (Å²) in [5.41, 5.74) is 4.75. The van der Waals surface area contributed by atoms with Crippen LogP contribution in [-0.2, 0) is 6.42 Å². The molecule has 84 valence electrons. The molecule has 0 unspecified atom stereocenters. The molecule has 0 atom stereocenters. The highest BCUT2D eigenvalue weighted by atomic mass is 14.1. The van der Waals surface area contributed by atoms with E-state index >= 15 is 0 Å². The molecule has 0 saturated heterocycles. The van der Waals surface area contributed by atoms with Crippen molar-refractivity contribution < 1.29 is 0 Å². The minimum absolute atomic E-state index is 0.881. The summed E-state index contributed by atoms with van der Waals surface area (Å²) in [5.74, 6) is 0. The molecule has 2 aromatic carbocycles. The third-order valence-corrected chi connectivity index (χ3v) is 2.82. The largest absolute Gasteiger partial charge is 0.0984 e. The lowest BCUT2D eigenvalue weighted by atomic mass is 9.96. The van der Waals surface area contributed by atoms with Gasteiger partial charge in [0.25, 0.3) is 0 Å². The van der Waals surface area contributed by atoms with E-state index in [0.29, 0.717) is 0 Å². The second-order valence-electron chi connectivity index (χ2n) is 4.06. The van der Waals surface area contributed by atoms with E-state index in [-0.39, 0.29) is 0 Å². The van der Waals surface area contributed by atoms with E-state index in [2.05, 4.69) is 49.6 Å². The summed E-state index contributed by atoms with van der Waals surface area (Å²) in [6.07, 6.45) is 2.76. The summed E-state index contributed by atoms with van der Waals surface area (Å²) in [7, 11) is 0. The topological polar surface area (TPSA) is 0 Å². The molecule has 0 bridgehead atoms. The quantitative estimate of drug-likeness (QED) is 0.707. The first-order chi connectivity index (χ1) is 8.31. The Morgan fingerprint density at radius 3 is 2.29 bits per heavy atom. The van der Waals surface area contributed by atoms with E-state index in [1.807, 2.05) is 24.3 Å². The molecule has 0 fully saturated rings. The Kier molecular flexibility index (Phi) is 3.56. The molecule has 0 N–H and O–H groups in total. The van der Waals surface area contributed by atoms with E-state index in [1.165, 1.54) is 11.1 Å². The lowest BCUT2D eigenvalue weighted by molar-refractivity contribution is 1.28. The van der Waals surface area contributed by atoms with Gasteiger partial charge in [-0.2, -0.15) is 0 Å². The van der Waals surface area contributed by atoms with Crippen LogP contribution in [0.15, 0.2) is 67.8 Å². The maximum absolute atomic E-state index is 4.18. The first-order valence-corrected chi connectivity index (χ1v) is 5.75. The molecule has 0 aliphatic carbocycles. The van der Waals surface area contributed by atoms with Crippen LogP contribution < -0.4 is 0 Å². The van der Waals surface area contributed by atoms with Gasteiger partial charge in [0.05, 0.1) is 0 Å². The highest BCUT2D eigenvalue weighted by Crippen LogP contribution is 2.22. The van der Waals surface area contributed by atoms with Crippen molar-refractivity contribution in [2.24, 2.45) is 0 Å². The van der Waals surface area contributed by atoms with Crippen LogP contribution in [-0.4, -0.2) is 0 Å². The van der Waals surface area contributed by atoms with Crippen LogP contribution in [0.25, 0.3) is 11.6 Å². The fourth-order valence-electron chi connectivity index (χ4n) is 1.93. The highest BCUT2D eigenvalue weighted by molar-refractivity contribution is 5.73. The monoisotopic (exact) mass is 220 g/mol. The van der Waals surface area contributed by atoms with E-state index in [4.69, 9.17) is 0 Å². The van der Waals surface area contributed by atoms with Crippen LogP contribution in [0.2, 0.25) is 0 Å². The van der Waals surface area contributed by atoms with Crippen LogP contribution in [0.5, 0.6) is 0 Å². The summed E-state index contributed by atoms with van der Waals surface area (Å²) in [4.78, 5) is 0. The van der Waals surface area contributed by atoms with Gasteiger partial charge in [0.1, 0.15) is 0 Å². The molecule has 0 aliphatic heterocycles. The van der Waals surface area contributed by atoms with Crippen LogP contribution in [0, 0.1) is 0 Å². The smallest absolute Gasteiger partial charge is 0.00255 e. The van der Waals surface area contributed by atoms with Gasteiger partial charge in [-0.1, -0.05) is 73.8 Å². The Labute approximate surface area is 103 Å². The van der Waals surface area contributed by atoms with Gasteiger partial charge in [-0.05, 0) is 28.7 Å². The van der Waals surface area contributed by atoms with Gasteiger partial charge in [-0.25, -0.2) is 0 Å². The molecule has 0 saturated carbocycles. The molecular weight excluding hydrogens is 204 g/mol. The third-order valence-electron chi connectivity index (χ3n) is 2.82. The molecule has 0 aliphatic rings. The average molecular weight is 220 g/mol. The summed E-state index contributed by atoms with van der Waals surface area (Å²) in [6, 6.07) is 18.6. The van der Waals surface area contributed by atoms with Crippen molar-refractivity contribution in [3.05, 3.63) is 84.4 Å². The van der Waals surface area contributed by atoms with Crippen molar-refractivity contribution in [3.63, 3.8) is 0 Å². The van der Waals surface area contributed by atoms with Crippen molar-refractivity contribution >= 4 is 11.6 Å². The van der Waals surface area contributed by atoms with Crippen LogP contribution in [0.1, 0.15) is 16.7 Å². The van der Waals surface area contributed by atoms with Crippen LogP contribution in [0.4, 0.5) is 0 Å². The zero-order valence-corrected chi connectivity index (χ0v) is 9.89. The second-order valence-corrected chi connectivity index (χ2v) is 4.06. The average Bonchev–Trinajstić information content (AvgIpc) is 2.40. The van der Waals surface area contributed by atoms with Crippen molar-refractivity contribution in [2.75, 3.05) is 0 Å². The predicted molar refractivity (Wildman–Crippen MR) is 75.7 cm³/mol. The van der Waals surface area contributed by atoms with Gasteiger partial charge in [0.2, 0.25) is 0 Å². The van der Waals surface area contributed by atoms with Gasteiger partial charge in [-0.15, -0.1) is 0 Å². The molecule has 0 radical (unpaired) electrons. The minimum Gasteiger partial charge on any atom is -0.0984 e. The maximum Gasteiger partial charge on any atom is -0.00255 e. The van der Waals surface area contributed by atoms with E-state index in [9.17, 15) is 0 Å². The summed E-state index contributed by atoms with van der Waals surface area (Å²) in [5, 5.41) is 0. The van der Waals surface area contributed by atoms with E-state index < -0.39 is 0 Å². The van der Waals surface area contributed by atoms with Gasteiger partial charge in [0.15, 0.2) is 0 Å². The van der Waals surface area contributed by atoms with Crippen LogP contribution in [0.3, 0.4) is 0 Å². The molecule has 0 spiro atoms. The summed E-state index contributed by atoms with van der Waals surface area (Å²) >= 11 is 0. The Bertz CT molecular complexity index is 521. The molecule has 0 aromatic heterocycles. The van der Waals surface area contributed by atoms with Gasteiger partial charge >= 0.3 is 0 Å². The maximum atomic E-state index is 4.18. The van der Waals surface area contributed by atoms with E-state index in [0.717, 1.165) is 17.6 Å². The molecule has 2 aromatic rings. The van der Waals surface area contributed by atoms with Crippen LogP contribution >= 0.6 is 0 Å². The fourth-order valence-corrected chi connectivity index (χ4v) is 1.93. The second kappa shape index (κ2) is 5.31. The molecule has 2 rings (SSSR count). The van der Waals surface area contributed by atoms with E-state index in [1.54, 1.807) is 0 Å². The standard InChI is InChI=1S/C17H16/c1-3-16-11-7-8-12-17(16)14(2)13-15-9-5-4-6-10-15/h3-12H,1-2,13H2. The Morgan fingerprint density at radius 1 is 0.941 bits per heavy atom. The Balaban J connectivity index is 2.23. The molecule has 0 nitrogen and oxygen atoms in total. The molecule has 17 heavy (non-hydrogen) atoms. The molecule has 0 amide bonds. The normalized spacial score (nSPS) is 9.88. The lowest BCUT2D eigenvalue weighted by Crippen LogP contribution is -1.91. The SMILES string of the molecule is C=Cc1ccccc1C(=C)Cc1ccccc1. The predicted octanol–water partition coefficient (Wildman–Crippen LogP) is 4.59. The van der Waals surface area contributed by atoms with Gasteiger partial charge < -0.3 is 0 Å². The number of benzene rings is 2. The molecule has 0 heterocycles. The van der Waals surface area contributed by atoms with Crippen molar-refractivity contribution in [2.45, 2.75) is 6.42 Å². The van der Waals surface area contributed by atoms with Crippen molar-refractivity contribution in [1.29, 1.82) is 0 Å². The third kappa shape index (κ3) is 2.73. The fraction of sp³-hybridized carbons (Fsp3) is 0.0588. The first-order valence-electron chi connectivity index (χ1n) is 5.75. The summed E-state index contributed by atoms with van der Waals surface area (Å²) < 4.78 is 0. The molecular formula is C17H16. The Hall–Kier alpha value is -2.08. The first kappa shape index (κ1) is 11.4. The number of rotatable bonds is 4. The number of hydrogen-bond acceptors (Lipinski definition) is 0. The van der Waals surface area contributed by atoms with Crippen molar-refractivity contribution in [1.82, 2.24) is 0 Å². The molecule has 0 heteroatoms. The number of hydrogen-bond donors (Lipinski definition) is 0. The van der Waals surface area contributed by atoms with Gasteiger partial charge in [0, 0.05) is 0 Å². The minimum atomic E-state index is 0.881. The zero-order valence-electron chi connectivity index (χ0n) is 9.89. The van der Waals surface area contributed by atoms with Crippen molar-refractivity contribution in [3.8, 4) is 0 Å².